The van der Waals surface area contributed by atoms with E-state index in [1.807, 2.05) is 0 Å². The summed E-state index contributed by atoms with van der Waals surface area (Å²) in [7, 11) is 2.06. The summed E-state index contributed by atoms with van der Waals surface area (Å²) in [6.07, 6.45) is 0. The molecule has 1 aliphatic heterocycles. The van der Waals surface area contributed by atoms with Gasteiger partial charge in [0, 0.05) is 6.54 Å². The number of carbonyl (C=O) groups excluding carboxylic acids is 1. The summed E-state index contributed by atoms with van der Waals surface area (Å²) in [6.45, 7) is 7.40. The quantitative estimate of drug-likeness (QED) is 0.584. The summed E-state index contributed by atoms with van der Waals surface area (Å²) in [6, 6.07) is 0.213. The third-order valence-electron chi connectivity index (χ3n) is 3.86. The number of hydrogen-bond acceptors (Lipinski definition) is 2. The maximum absolute atomic E-state index is 11.3. The van der Waals surface area contributed by atoms with E-state index in [4.69, 9.17) is 0 Å². The second kappa shape index (κ2) is 2.11. The van der Waals surface area contributed by atoms with Gasteiger partial charge in [0.25, 0.3) is 0 Å². The molecule has 1 aliphatic carbocycles. The lowest BCUT2D eigenvalue weighted by molar-refractivity contribution is -0.122. The summed E-state index contributed by atoms with van der Waals surface area (Å²) in [5.74, 6) is 1.76. The first-order valence-corrected chi connectivity index (χ1v) is 4.67. The highest BCUT2D eigenvalue weighted by atomic mass is 16.1. The Morgan fingerprint density at radius 3 is 2.42 bits per heavy atom. The molecule has 1 heterocycles. The lowest BCUT2D eigenvalue weighted by atomic mass is 9.99. The van der Waals surface area contributed by atoms with Crippen LogP contribution in [0.1, 0.15) is 20.8 Å². The normalized spacial score (nSPS) is 44.2. The van der Waals surface area contributed by atoms with Gasteiger partial charge < -0.3 is 0 Å². The molecule has 0 aromatic rings. The highest BCUT2D eigenvalue weighted by molar-refractivity contribution is 5.83. The van der Waals surface area contributed by atoms with Crippen molar-refractivity contribution in [3.63, 3.8) is 0 Å². The number of carbonyl (C=O) groups is 1. The molecule has 1 unspecified atom stereocenters. The van der Waals surface area contributed by atoms with Crippen molar-refractivity contribution < 1.29 is 4.79 Å². The van der Waals surface area contributed by atoms with Crippen molar-refractivity contribution in [2.24, 2.45) is 17.3 Å². The van der Waals surface area contributed by atoms with Gasteiger partial charge in [0.2, 0.25) is 0 Å². The minimum atomic E-state index is 0.213. The second-order valence-electron chi connectivity index (χ2n) is 4.95. The van der Waals surface area contributed by atoms with Crippen LogP contribution < -0.4 is 0 Å². The van der Waals surface area contributed by atoms with Gasteiger partial charge in [0.15, 0.2) is 0 Å². The molecular formula is C10H17NO. The number of nitrogens with zero attached hydrogens (tertiary/aromatic N) is 1. The minimum absolute atomic E-state index is 0.213. The molecule has 0 N–H and O–H groups in total. The fourth-order valence-electron chi connectivity index (χ4n) is 3.02. The smallest absolute Gasteiger partial charge is 0.147 e. The highest BCUT2D eigenvalue weighted by Gasteiger charge is 2.66. The first kappa shape index (κ1) is 8.24. The van der Waals surface area contributed by atoms with Gasteiger partial charge in [-0.3, -0.25) is 9.69 Å². The van der Waals surface area contributed by atoms with E-state index in [0.717, 1.165) is 12.5 Å². The van der Waals surface area contributed by atoms with Crippen molar-refractivity contribution in [3.05, 3.63) is 0 Å². The number of fused-ring (bicyclic) bond motifs is 1. The summed E-state index contributed by atoms with van der Waals surface area (Å²) in [5.41, 5.74) is 0.433. The zero-order chi connectivity index (χ0) is 9.09. The van der Waals surface area contributed by atoms with Gasteiger partial charge in [-0.2, -0.15) is 0 Å². The van der Waals surface area contributed by atoms with Crippen molar-refractivity contribution in [1.29, 1.82) is 0 Å². The van der Waals surface area contributed by atoms with E-state index in [1.165, 1.54) is 0 Å². The number of ketones is 1. The maximum atomic E-state index is 11.3. The van der Waals surface area contributed by atoms with Crippen molar-refractivity contribution in [1.82, 2.24) is 4.90 Å². The zero-order valence-corrected chi connectivity index (χ0v) is 8.29. The molecule has 0 aromatic carbocycles. The van der Waals surface area contributed by atoms with E-state index >= 15 is 0 Å². The summed E-state index contributed by atoms with van der Waals surface area (Å²) in [5, 5.41) is 0. The maximum Gasteiger partial charge on any atom is 0.147 e. The van der Waals surface area contributed by atoms with Gasteiger partial charge in [0.05, 0.1) is 6.04 Å². The van der Waals surface area contributed by atoms with Crippen molar-refractivity contribution >= 4 is 5.78 Å². The summed E-state index contributed by atoms with van der Waals surface area (Å²) in [4.78, 5) is 13.6. The number of Topliss-reactive ketones (excluding diaryl/α,β-unsaturated/α-hetero) is 1. The van der Waals surface area contributed by atoms with Crippen LogP contribution in [-0.2, 0) is 4.79 Å². The van der Waals surface area contributed by atoms with Crippen molar-refractivity contribution in [2.45, 2.75) is 26.8 Å². The van der Waals surface area contributed by atoms with Crippen molar-refractivity contribution in [3.8, 4) is 0 Å². The van der Waals surface area contributed by atoms with E-state index in [1.54, 1.807) is 6.92 Å². The van der Waals surface area contributed by atoms with Crippen LogP contribution in [0.15, 0.2) is 0 Å². The van der Waals surface area contributed by atoms with Crippen LogP contribution in [0.25, 0.3) is 0 Å². The summed E-state index contributed by atoms with van der Waals surface area (Å²) < 4.78 is 0. The van der Waals surface area contributed by atoms with Crippen LogP contribution in [0.3, 0.4) is 0 Å². The number of hydrogen-bond donors (Lipinski definition) is 0. The molecular weight excluding hydrogens is 150 g/mol. The Labute approximate surface area is 73.9 Å². The molecule has 1 saturated carbocycles. The molecule has 0 aromatic heterocycles. The average Bonchev–Trinajstić information content (AvgIpc) is 2.40. The van der Waals surface area contributed by atoms with Gasteiger partial charge in [-0.25, -0.2) is 0 Å². The van der Waals surface area contributed by atoms with E-state index < -0.39 is 0 Å². The molecule has 2 aliphatic rings. The molecule has 2 fully saturated rings. The van der Waals surface area contributed by atoms with E-state index in [0.29, 0.717) is 17.1 Å². The number of likely N-dealkylation sites (tertiary alicyclic amines) is 1. The predicted octanol–water partition coefficient (Wildman–Crippen LogP) is 1.16. The second-order valence-corrected chi connectivity index (χ2v) is 4.95. The van der Waals surface area contributed by atoms with Crippen LogP contribution in [0, 0.1) is 17.3 Å². The zero-order valence-electron chi connectivity index (χ0n) is 8.29. The van der Waals surface area contributed by atoms with Crippen LogP contribution in [0.5, 0.6) is 0 Å². The first-order chi connectivity index (χ1) is 5.46. The lowest BCUT2D eigenvalue weighted by Crippen LogP contribution is -2.37. The standard InChI is InChI=1S/C10H17NO/c1-6(12)9-8-7(5-11(9)4)10(8,2)3/h7-9H,5H2,1-4H3/t7-,8?,9+/m0/s1. The Bertz CT molecular complexity index is 234. The first-order valence-electron chi connectivity index (χ1n) is 4.67. The molecule has 1 saturated heterocycles. The lowest BCUT2D eigenvalue weighted by Gasteiger charge is -2.24. The van der Waals surface area contributed by atoms with Gasteiger partial charge in [-0.15, -0.1) is 0 Å². The monoisotopic (exact) mass is 167 g/mol. The van der Waals surface area contributed by atoms with Gasteiger partial charge >= 0.3 is 0 Å². The van der Waals surface area contributed by atoms with Crippen LogP contribution in [0.4, 0.5) is 0 Å². The van der Waals surface area contributed by atoms with Crippen molar-refractivity contribution in [2.75, 3.05) is 13.6 Å². The fraction of sp³-hybridized carbons (Fsp3) is 0.900. The van der Waals surface area contributed by atoms with Crippen LogP contribution in [-0.4, -0.2) is 30.3 Å². The Balaban J connectivity index is 2.19. The molecule has 0 amide bonds. The van der Waals surface area contributed by atoms with Crippen LogP contribution in [0.2, 0.25) is 0 Å². The predicted molar refractivity (Wildman–Crippen MR) is 47.9 cm³/mol. The molecule has 2 heteroatoms. The molecule has 0 radical (unpaired) electrons. The van der Waals surface area contributed by atoms with E-state index in [2.05, 4.69) is 25.8 Å². The molecule has 68 valence electrons. The molecule has 3 atom stereocenters. The van der Waals surface area contributed by atoms with E-state index in [-0.39, 0.29) is 6.04 Å². The fourth-order valence-corrected chi connectivity index (χ4v) is 3.02. The van der Waals surface area contributed by atoms with E-state index in [9.17, 15) is 4.79 Å². The number of likely N-dealkylation sites (N-methyl/N-ethyl adjacent to an activating group) is 1. The topological polar surface area (TPSA) is 20.3 Å². The number of piperidine rings is 1. The SMILES string of the molecule is CC(=O)[C@@H]1C2[C@H](CN1C)C2(C)C. The van der Waals surface area contributed by atoms with Gasteiger partial charge in [-0.1, -0.05) is 13.8 Å². The molecule has 12 heavy (non-hydrogen) atoms. The Kier molecular flexibility index (Phi) is 1.45. The van der Waals surface area contributed by atoms with Gasteiger partial charge in [0.1, 0.15) is 5.78 Å². The Hall–Kier alpha value is -0.370. The number of rotatable bonds is 1. The van der Waals surface area contributed by atoms with Crippen LogP contribution >= 0.6 is 0 Å². The van der Waals surface area contributed by atoms with Gasteiger partial charge in [-0.05, 0) is 31.2 Å². The largest absolute Gasteiger partial charge is 0.298 e. The molecule has 0 spiro atoms. The Morgan fingerprint density at radius 2 is 2.08 bits per heavy atom. The highest BCUT2D eigenvalue weighted by Crippen LogP contribution is 2.64. The minimum Gasteiger partial charge on any atom is -0.298 e. The third kappa shape index (κ3) is 0.817. The summed E-state index contributed by atoms with van der Waals surface area (Å²) >= 11 is 0. The average molecular weight is 167 g/mol. The molecule has 2 nitrogen and oxygen atoms in total. The molecule has 0 bridgehead atoms. The third-order valence-corrected chi connectivity index (χ3v) is 3.86. The Morgan fingerprint density at radius 1 is 1.50 bits per heavy atom. The molecule has 2 rings (SSSR count).